The van der Waals surface area contributed by atoms with Crippen LogP contribution in [0.3, 0.4) is 0 Å². The summed E-state index contributed by atoms with van der Waals surface area (Å²) < 4.78 is 5.12. The highest BCUT2D eigenvalue weighted by molar-refractivity contribution is 7.98. The molecule has 4 heteroatoms. The lowest BCUT2D eigenvalue weighted by Gasteiger charge is -2.08. The normalized spacial score (nSPS) is 10.2. The van der Waals surface area contributed by atoms with Crippen molar-refractivity contribution in [2.45, 2.75) is 17.1 Å². The van der Waals surface area contributed by atoms with Gasteiger partial charge in [0.25, 0.3) is 0 Å². The Morgan fingerprint density at radius 1 is 1.10 bits per heavy atom. The molecule has 0 spiro atoms. The molecule has 1 N–H and O–H groups in total. The van der Waals surface area contributed by atoms with Gasteiger partial charge in [0, 0.05) is 10.6 Å². The zero-order valence-electron chi connectivity index (χ0n) is 11.2. The second-order valence-electron chi connectivity index (χ2n) is 4.30. The first-order valence-electron chi connectivity index (χ1n) is 6.24. The summed E-state index contributed by atoms with van der Waals surface area (Å²) in [6.45, 7) is 0. The molecular formula is C16H16O3S. The Morgan fingerprint density at radius 3 is 2.35 bits per heavy atom. The van der Waals surface area contributed by atoms with Gasteiger partial charge in [-0.3, -0.25) is 4.79 Å². The summed E-state index contributed by atoms with van der Waals surface area (Å²) in [4.78, 5) is 12.0. The molecule has 0 amide bonds. The molecule has 2 aromatic carbocycles. The van der Waals surface area contributed by atoms with E-state index in [1.807, 2.05) is 48.5 Å². The quantitative estimate of drug-likeness (QED) is 0.825. The Morgan fingerprint density at radius 2 is 1.75 bits per heavy atom. The van der Waals surface area contributed by atoms with Gasteiger partial charge < -0.3 is 9.84 Å². The Bertz CT molecular complexity index is 579. The van der Waals surface area contributed by atoms with Crippen LogP contribution in [0.1, 0.15) is 11.1 Å². The second kappa shape index (κ2) is 7.01. The van der Waals surface area contributed by atoms with Crippen LogP contribution in [-0.4, -0.2) is 18.2 Å². The molecule has 0 unspecified atom stereocenters. The number of methoxy groups -OCH3 is 1. The number of hydrogen-bond acceptors (Lipinski definition) is 3. The van der Waals surface area contributed by atoms with Crippen LogP contribution in [0, 0.1) is 0 Å². The van der Waals surface area contributed by atoms with E-state index in [9.17, 15) is 4.79 Å². The summed E-state index contributed by atoms with van der Waals surface area (Å²) >= 11 is 1.69. The zero-order valence-corrected chi connectivity index (χ0v) is 12.0. The van der Waals surface area contributed by atoms with Gasteiger partial charge in [0.05, 0.1) is 13.5 Å². The molecule has 0 aromatic heterocycles. The van der Waals surface area contributed by atoms with Crippen LogP contribution in [0.4, 0.5) is 0 Å². The summed E-state index contributed by atoms with van der Waals surface area (Å²) in [5, 5.41) is 8.91. The number of carboxylic acid groups (broad SMARTS) is 1. The fourth-order valence-electron chi connectivity index (χ4n) is 1.87. The van der Waals surface area contributed by atoms with Crippen LogP contribution >= 0.6 is 11.8 Å². The summed E-state index contributed by atoms with van der Waals surface area (Å²) in [6.07, 6.45) is 0.0688. The van der Waals surface area contributed by atoms with Gasteiger partial charge in [0.2, 0.25) is 0 Å². The molecule has 0 radical (unpaired) electrons. The highest BCUT2D eigenvalue weighted by Crippen LogP contribution is 2.26. The van der Waals surface area contributed by atoms with E-state index in [1.54, 1.807) is 18.9 Å². The second-order valence-corrected chi connectivity index (χ2v) is 5.35. The predicted molar refractivity (Wildman–Crippen MR) is 80.3 cm³/mol. The summed E-state index contributed by atoms with van der Waals surface area (Å²) in [6, 6.07) is 15.5. The minimum Gasteiger partial charge on any atom is -0.497 e. The number of thioether (sulfide) groups is 1. The third kappa shape index (κ3) is 4.03. The molecule has 2 rings (SSSR count). The van der Waals surface area contributed by atoms with Crippen molar-refractivity contribution in [1.82, 2.24) is 0 Å². The van der Waals surface area contributed by atoms with Crippen molar-refractivity contribution in [3.63, 3.8) is 0 Å². The monoisotopic (exact) mass is 288 g/mol. The maximum atomic E-state index is 10.8. The molecule has 0 bridgehead atoms. The van der Waals surface area contributed by atoms with Gasteiger partial charge in [0.1, 0.15) is 5.75 Å². The Kier molecular flexibility index (Phi) is 5.07. The number of rotatable bonds is 6. The minimum atomic E-state index is -0.799. The largest absolute Gasteiger partial charge is 0.497 e. The minimum absolute atomic E-state index is 0.0688. The lowest BCUT2D eigenvalue weighted by atomic mass is 10.1. The molecule has 0 aliphatic rings. The molecule has 0 aliphatic heterocycles. The van der Waals surface area contributed by atoms with Crippen LogP contribution in [0.15, 0.2) is 53.4 Å². The Labute approximate surface area is 122 Å². The van der Waals surface area contributed by atoms with Gasteiger partial charge in [-0.2, -0.15) is 0 Å². The van der Waals surface area contributed by atoms with E-state index in [1.165, 1.54) is 0 Å². The van der Waals surface area contributed by atoms with Gasteiger partial charge in [-0.05, 0) is 35.4 Å². The maximum absolute atomic E-state index is 10.8. The van der Waals surface area contributed by atoms with E-state index in [0.29, 0.717) is 0 Å². The zero-order chi connectivity index (χ0) is 14.4. The number of carbonyl (C=O) groups is 1. The molecule has 0 atom stereocenters. The van der Waals surface area contributed by atoms with Gasteiger partial charge in [-0.25, -0.2) is 0 Å². The molecule has 104 valence electrons. The van der Waals surface area contributed by atoms with E-state index in [2.05, 4.69) is 0 Å². The Balaban J connectivity index is 2.04. The highest BCUT2D eigenvalue weighted by atomic mass is 32.2. The molecule has 3 nitrogen and oxygen atoms in total. The molecule has 0 saturated heterocycles. The number of benzene rings is 2. The predicted octanol–water partition coefficient (Wildman–Crippen LogP) is 3.61. The standard InChI is InChI=1S/C16H16O3S/c1-19-14-6-8-15(9-7-14)20-11-13-5-3-2-4-12(13)10-16(17)18/h2-9H,10-11H2,1H3,(H,17,18). The van der Waals surface area contributed by atoms with Crippen molar-refractivity contribution in [3.05, 3.63) is 59.7 Å². The van der Waals surface area contributed by atoms with Crippen LogP contribution in [0.2, 0.25) is 0 Å². The average molecular weight is 288 g/mol. The summed E-state index contributed by atoms with van der Waals surface area (Å²) in [5.74, 6) is 0.794. The molecule has 20 heavy (non-hydrogen) atoms. The molecule has 0 aliphatic carbocycles. The van der Waals surface area contributed by atoms with Crippen LogP contribution in [-0.2, 0) is 17.0 Å². The smallest absolute Gasteiger partial charge is 0.307 e. The topological polar surface area (TPSA) is 46.5 Å². The lowest BCUT2D eigenvalue weighted by Crippen LogP contribution is -2.02. The SMILES string of the molecule is COc1ccc(SCc2ccccc2CC(=O)O)cc1. The molecule has 0 saturated carbocycles. The first-order valence-corrected chi connectivity index (χ1v) is 7.23. The molecular weight excluding hydrogens is 272 g/mol. The van der Waals surface area contributed by atoms with Gasteiger partial charge in [-0.1, -0.05) is 24.3 Å². The molecule has 2 aromatic rings. The van der Waals surface area contributed by atoms with Gasteiger partial charge in [-0.15, -0.1) is 11.8 Å². The maximum Gasteiger partial charge on any atom is 0.307 e. The number of ether oxygens (including phenoxy) is 1. The fraction of sp³-hybridized carbons (Fsp3) is 0.188. The third-order valence-electron chi connectivity index (χ3n) is 2.91. The summed E-state index contributed by atoms with van der Waals surface area (Å²) in [5.41, 5.74) is 1.94. The van der Waals surface area contributed by atoms with Crippen molar-refractivity contribution < 1.29 is 14.6 Å². The van der Waals surface area contributed by atoms with Crippen molar-refractivity contribution in [1.29, 1.82) is 0 Å². The summed E-state index contributed by atoms with van der Waals surface area (Å²) in [7, 11) is 1.64. The van der Waals surface area contributed by atoms with Crippen molar-refractivity contribution >= 4 is 17.7 Å². The number of hydrogen-bond donors (Lipinski definition) is 1. The van der Waals surface area contributed by atoms with E-state index in [0.717, 1.165) is 27.5 Å². The van der Waals surface area contributed by atoms with E-state index < -0.39 is 5.97 Å². The highest BCUT2D eigenvalue weighted by Gasteiger charge is 2.06. The van der Waals surface area contributed by atoms with E-state index in [-0.39, 0.29) is 6.42 Å². The lowest BCUT2D eigenvalue weighted by molar-refractivity contribution is -0.136. The fourth-order valence-corrected chi connectivity index (χ4v) is 2.80. The first-order chi connectivity index (χ1) is 9.69. The molecule has 0 heterocycles. The van der Waals surface area contributed by atoms with Crippen molar-refractivity contribution in [3.8, 4) is 5.75 Å². The first kappa shape index (κ1) is 14.5. The van der Waals surface area contributed by atoms with Crippen molar-refractivity contribution in [2.75, 3.05) is 7.11 Å². The van der Waals surface area contributed by atoms with Crippen LogP contribution in [0.25, 0.3) is 0 Å². The van der Waals surface area contributed by atoms with Crippen LogP contribution in [0.5, 0.6) is 5.75 Å². The third-order valence-corrected chi connectivity index (χ3v) is 3.97. The van der Waals surface area contributed by atoms with Gasteiger partial charge >= 0.3 is 5.97 Å². The number of aliphatic carboxylic acids is 1. The van der Waals surface area contributed by atoms with Crippen molar-refractivity contribution in [2.24, 2.45) is 0 Å². The van der Waals surface area contributed by atoms with Gasteiger partial charge in [0.15, 0.2) is 0 Å². The average Bonchev–Trinajstić information content (AvgIpc) is 2.46. The van der Waals surface area contributed by atoms with E-state index in [4.69, 9.17) is 9.84 Å². The van der Waals surface area contributed by atoms with Crippen LogP contribution < -0.4 is 4.74 Å². The van der Waals surface area contributed by atoms with E-state index >= 15 is 0 Å². The number of carboxylic acids is 1. The molecule has 0 fully saturated rings. The Hall–Kier alpha value is -1.94.